The molecule has 0 amide bonds. The summed E-state index contributed by atoms with van der Waals surface area (Å²) < 4.78 is 0. The average molecular weight is 129 g/mol. The number of nitro groups is 1. The molecule has 0 fully saturated rings. The summed E-state index contributed by atoms with van der Waals surface area (Å²) in [6.07, 6.45) is 0. The normalized spacial score (nSPS) is 11.4. The predicted octanol–water partition coefficient (Wildman–Crippen LogP) is -0.528. The fourth-order valence-electron chi connectivity index (χ4n) is 0.192. The number of allylic oxidation sites excluding steroid dienone is 1. The van der Waals surface area contributed by atoms with Crippen LogP contribution in [0.5, 0.6) is 0 Å². The second-order valence-electron chi connectivity index (χ2n) is 1.10. The number of nitrogens with two attached hydrogens (primary N) is 1. The first-order valence-corrected chi connectivity index (χ1v) is 1.82. The van der Waals surface area contributed by atoms with E-state index in [9.17, 15) is 10.1 Å². The Morgan fingerprint density at radius 2 is 2.33 bits per heavy atom. The van der Waals surface area contributed by atoms with Gasteiger partial charge in [-0.2, -0.15) is 5.26 Å². The molecule has 0 saturated heterocycles. The van der Waals surface area contributed by atoms with Crippen LogP contribution in [0.3, 0.4) is 0 Å². The maximum absolute atomic E-state index is 9.66. The highest BCUT2D eigenvalue weighted by molar-refractivity contribution is 5.13. The lowest BCUT2D eigenvalue weighted by Gasteiger charge is -1.85. The number of aliphatic hydroxyl groups excluding tert-OH is 1. The van der Waals surface area contributed by atoms with Crippen molar-refractivity contribution in [3.05, 3.63) is 21.7 Å². The van der Waals surface area contributed by atoms with Gasteiger partial charge in [-0.25, -0.2) is 0 Å². The molecular formula is C3H3N3O3. The Morgan fingerprint density at radius 3 is 2.33 bits per heavy atom. The zero-order valence-corrected chi connectivity index (χ0v) is 4.24. The molecule has 0 aliphatic carbocycles. The lowest BCUT2D eigenvalue weighted by Crippen LogP contribution is -2.07. The highest BCUT2D eigenvalue weighted by Crippen LogP contribution is 1.93. The Kier molecular flexibility index (Phi) is 2.02. The van der Waals surface area contributed by atoms with Gasteiger partial charge in [0.05, 0.1) is 4.92 Å². The first-order chi connectivity index (χ1) is 4.09. The molecule has 0 heterocycles. The van der Waals surface area contributed by atoms with Crippen molar-refractivity contribution in [2.75, 3.05) is 0 Å². The van der Waals surface area contributed by atoms with Crippen LogP contribution < -0.4 is 5.73 Å². The van der Waals surface area contributed by atoms with E-state index >= 15 is 0 Å². The van der Waals surface area contributed by atoms with Crippen LogP contribution in [0.4, 0.5) is 0 Å². The molecular weight excluding hydrogens is 126 g/mol. The summed E-state index contributed by atoms with van der Waals surface area (Å²) >= 11 is 0. The first kappa shape index (κ1) is 7.23. The molecule has 0 radical (unpaired) electrons. The van der Waals surface area contributed by atoms with E-state index in [0.717, 1.165) is 6.07 Å². The zero-order valence-electron chi connectivity index (χ0n) is 4.24. The van der Waals surface area contributed by atoms with Gasteiger partial charge in [-0.15, -0.1) is 0 Å². The van der Waals surface area contributed by atoms with Crippen LogP contribution in [0.1, 0.15) is 0 Å². The average Bonchev–Trinajstić information content (AvgIpc) is 1.64. The summed E-state index contributed by atoms with van der Waals surface area (Å²) in [5.74, 6) is -1.07. The monoisotopic (exact) mass is 129 g/mol. The molecule has 0 atom stereocenters. The van der Waals surface area contributed by atoms with E-state index in [1.807, 2.05) is 0 Å². The molecule has 0 rings (SSSR count). The van der Waals surface area contributed by atoms with Gasteiger partial charge in [0.15, 0.2) is 6.07 Å². The van der Waals surface area contributed by atoms with Crippen LogP contribution in [0.25, 0.3) is 0 Å². The standard InChI is InChI=1S/C3H3N3O3/c4-1-2(3(5)7)6(8)9/h7H,5H2/b3-2-. The molecule has 0 aromatic heterocycles. The topological polar surface area (TPSA) is 113 Å². The van der Waals surface area contributed by atoms with Crippen LogP contribution in [0.2, 0.25) is 0 Å². The lowest BCUT2D eigenvalue weighted by molar-refractivity contribution is -0.420. The highest BCUT2D eigenvalue weighted by Gasteiger charge is 2.13. The van der Waals surface area contributed by atoms with Gasteiger partial charge in [-0.3, -0.25) is 10.1 Å². The number of hydrogen-bond donors (Lipinski definition) is 2. The molecule has 0 spiro atoms. The molecule has 0 aliphatic rings. The molecule has 0 aromatic carbocycles. The van der Waals surface area contributed by atoms with Gasteiger partial charge in [0, 0.05) is 0 Å². The van der Waals surface area contributed by atoms with Crippen LogP contribution >= 0.6 is 0 Å². The van der Waals surface area contributed by atoms with Crippen LogP contribution in [-0.2, 0) is 0 Å². The number of rotatable bonds is 1. The maximum Gasteiger partial charge on any atom is 0.404 e. The molecule has 0 bridgehead atoms. The van der Waals surface area contributed by atoms with Crippen LogP contribution in [0, 0.1) is 21.4 Å². The fraction of sp³-hybridized carbons (Fsp3) is 0. The van der Waals surface area contributed by atoms with Gasteiger partial charge < -0.3 is 10.8 Å². The smallest absolute Gasteiger partial charge is 0.404 e. The van der Waals surface area contributed by atoms with Gasteiger partial charge in [-0.1, -0.05) is 0 Å². The second kappa shape index (κ2) is 2.52. The second-order valence-corrected chi connectivity index (χ2v) is 1.10. The van der Waals surface area contributed by atoms with Gasteiger partial charge in [0.1, 0.15) is 0 Å². The van der Waals surface area contributed by atoms with Gasteiger partial charge in [0.25, 0.3) is 5.88 Å². The Balaban J connectivity index is 4.62. The fourth-order valence-corrected chi connectivity index (χ4v) is 0.192. The molecule has 0 aliphatic heterocycles. The van der Waals surface area contributed by atoms with Crippen LogP contribution in [0.15, 0.2) is 11.6 Å². The molecule has 3 N–H and O–H groups in total. The molecule has 6 nitrogen and oxygen atoms in total. The molecule has 9 heavy (non-hydrogen) atoms. The lowest BCUT2D eigenvalue weighted by atomic mass is 10.5. The van der Waals surface area contributed by atoms with Gasteiger partial charge in [0.2, 0.25) is 0 Å². The van der Waals surface area contributed by atoms with Crippen molar-refractivity contribution in [2.45, 2.75) is 0 Å². The third-order valence-electron chi connectivity index (χ3n) is 0.531. The van der Waals surface area contributed by atoms with Crippen molar-refractivity contribution in [1.82, 2.24) is 0 Å². The summed E-state index contributed by atoms with van der Waals surface area (Å²) in [7, 11) is 0. The Labute approximate surface area is 50.0 Å². The summed E-state index contributed by atoms with van der Waals surface area (Å²) in [6, 6.07) is 1.11. The van der Waals surface area contributed by atoms with E-state index in [2.05, 4.69) is 5.73 Å². The zero-order chi connectivity index (χ0) is 7.44. The van der Waals surface area contributed by atoms with E-state index in [0.29, 0.717) is 0 Å². The Bertz CT molecular complexity index is 197. The predicted molar refractivity (Wildman–Crippen MR) is 26.4 cm³/mol. The molecule has 0 aromatic rings. The third kappa shape index (κ3) is 1.65. The number of nitrogens with zero attached hydrogens (tertiary/aromatic N) is 2. The minimum Gasteiger partial charge on any atom is -0.490 e. The summed E-state index contributed by atoms with van der Waals surface area (Å²) in [5, 5.41) is 25.7. The number of nitriles is 1. The minimum absolute atomic E-state index is 1.03. The van der Waals surface area contributed by atoms with Crippen molar-refractivity contribution in [2.24, 2.45) is 5.73 Å². The molecule has 6 heteroatoms. The van der Waals surface area contributed by atoms with E-state index in [1.54, 1.807) is 0 Å². The van der Waals surface area contributed by atoms with Crippen molar-refractivity contribution < 1.29 is 10.0 Å². The van der Waals surface area contributed by atoms with Gasteiger partial charge in [-0.05, 0) is 0 Å². The van der Waals surface area contributed by atoms with Crippen LogP contribution in [-0.4, -0.2) is 10.0 Å². The highest BCUT2D eigenvalue weighted by atomic mass is 16.6. The van der Waals surface area contributed by atoms with Crippen molar-refractivity contribution in [3.63, 3.8) is 0 Å². The number of aliphatic hydroxyl groups is 1. The van der Waals surface area contributed by atoms with Gasteiger partial charge >= 0.3 is 5.70 Å². The van der Waals surface area contributed by atoms with Crippen molar-refractivity contribution >= 4 is 0 Å². The van der Waals surface area contributed by atoms with E-state index in [4.69, 9.17) is 10.4 Å². The Morgan fingerprint density at radius 1 is 1.89 bits per heavy atom. The largest absolute Gasteiger partial charge is 0.490 e. The summed E-state index contributed by atoms with van der Waals surface area (Å²) in [4.78, 5) is 8.60. The SMILES string of the molecule is N#C/C(=C(\N)O)[N+](=O)[O-]. The molecule has 0 unspecified atom stereocenters. The Hall–Kier alpha value is -1.77. The van der Waals surface area contributed by atoms with E-state index < -0.39 is 16.5 Å². The van der Waals surface area contributed by atoms with Crippen molar-refractivity contribution in [1.29, 1.82) is 5.26 Å². The van der Waals surface area contributed by atoms with E-state index in [-0.39, 0.29) is 0 Å². The summed E-state index contributed by atoms with van der Waals surface area (Å²) in [5.41, 5.74) is 3.49. The third-order valence-corrected chi connectivity index (χ3v) is 0.531. The summed E-state index contributed by atoms with van der Waals surface area (Å²) in [6.45, 7) is 0. The maximum atomic E-state index is 9.66. The first-order valence-electron chi connectivity index (χ1n) is 1.82. The minimum atomic E-state index is -1.07. The number of hydrogen-bond acceptors (Lipinski definition) is 5. The van der Waals surface area contributed by atoms with Crippen molar-refractivity contribution in [3.8, 4) is 6.07 Å². The molecule has 48 valence electrons. The quantitative estimate of drug-likeness (QED) is 0.214. The molecule has 0 saturated carbocycles. The van der Waals surface area contributed by atoms with E-state index in [1.165, 1.54) is 0 Å².